The number of rotatable bonds is 2. The summed E-state index contributed by atoms with van der Waals surface area (Å²) in [6.45, 7) is 0. The van der Waals surface area contributed by atoms with E-state index in [1.165, 1.54) is 151 Å². The van der Waals surface area contributed by atoms with Crippen molar-refractivity contribution in [2.75, 3.05) is 0 Å². The second kappa shape index (κ2) is 10.1. The summed E-state index contributed by atoms with van der Waals surface area (Å²) < 4.78 is 18.7. The lowest BCUT2D eigenvalue weighted by Gasteiger charge is -2.46. The standard InChI is InChI=1S/C62H33N8/c1-9-35-29-51-55(52-30-36-10-2-14-40-44-18-6-22-48-47-21-5-17-43-39(13-1)57(35)67(51)61(63(43)47,64(44)48)68(52)58(36)40)33-25-27-34(28-26-33)56-53-31-37-11-3-15-41-45-19-7-23-49-50-24-8-20-46-42-16-4-12-38-32-54(56)70(60(38)42)62(65(45)49,66(46)50)69(53)59(37)41/h1-32,57H/q+5. The van der Waals surface area contributed by atoms with E-state index in [0.29, 0.717) is 0 Å². The van der Waals surface area contributed by atoms with Gasteiger partial charge in [0.2, 0.25) is 33.8 Å². The fourth-order valence-corrected chi connectivity index (χ4v) is 15.9. The van der Waals surface area contributed by atoms with E-state index in [1.54, 1.807) is 0 Å². The number of pyridine rings is 4. The van der Waals surface area contributed by atoms with E-state index in [1.807, 2.05) is 0 Å². The van der Waals surface area contributed by atoms with Crippen LogP contribution in [0.5, 0.6) is 0 Å². The van der Waals surface area contributed by atoms with Crippen LogP contribution < -0.4 is 33.4 Å². The molecule has 3 unspecified atom stereocenters. The Balaban J connectivity index is 0.859. The molecule has 0 fully saturated rings. The van der Waals surface area contributed by atoms with Gasteiger partial charge in [0, 0.05) is 71.0 Å². The molecule has 3 atom stereocenters. The summed E-state index contributed by atoms with van der Waals surface area (Å²) in [6.07, 6.45) is 11.9. The van der Waals surface area contributed by atoms with E-state index >= 15 is 0 Å². The Hall–Kier alpha value is -9.27. The molecule has 11 aliphatic rings. The number of para-hydroxylation sites is 3. The van der Waals surface area contributed by atoms with Crippen LogP contribution in [0.15, 0.2) is 205 Å². The van der Waals surface area contributed by atoms with Crippen molar-refractivity contribution in [1.29, 1.82) is 0 Å². The second-order valence-corrected chi connectivity index (χ2v) is 20.7. The molecular weight excluding hydrogens is 857 g/mol. The van der Waals surface area contributed by atoms with Crippen LogP contribution in [0.2, 0.25) is 0 Å². The van der Waals surface area contributed by atoms with Gasteiger partial charge >= 0.3 is 11.8 Å². The zero-order chi connectivity index (χ0) is 44.4. The molecule has 8 heteroatoms. The van der Waals surface area contributed by atoms with Crippen LogP contribution in [0, 0.1) is 0 Å². The predicted octanol–water partition coefficient (Wildman–Crippen LogP) is 7.09. The van der Waals surface area contributed by atoms with Crippen molar-refractivity contribution in [3.8, 4) is 56.5 Å². The quantitative estimate of drug-likeness (QED) is 0.171. The molecule has 70 heavy (non-hydrogen) atoms. The third-order valence-electron chi connectivity index (χ3n) is 18.0. The number of hydrogen-bond donors (Lipinski definition) is 0. The van der Waals surface area contributed by atoms with Crippen LogP contribution in [0.1, 0.15) is 28.2 Å². The van der Waals surface area contributed by atoms with Crippen LogP contribution in [0.4, 0.5) is 0 Å². The van der Waals surface area contributed by atoms with Gasteiger partial charge in [-0.05, 0) is 103 Å². The van der Waals surface area contributed by atoms with Crippen molar-refractivity contribution in [2.24, 2.45) is 0 Å². The molecular formula is C62H33N8+5. The van der Waals surface area contributed by atoms with Gasteiger partial charge in [-0.2, -0.15) is 9.13 Å². The first-order valence-corrected chi connectivity index (χ1v) is 24.6. The maximum Gasteiger partial charge on any atom is 0.667 e. The lowest BCUT2D eigenvalue weighted by Crippen LogP contribution is -2.86. The van der Waals surface area contributed by atoms with E-state index in [2.05, 4.69) is 231 Å². The van der Waals surface area contributed by atoms with Gasteiger partial charge in [0.25, 0.3) is 22.8 Å². The van der Waals surface area contributed by atoms with E-state index < -0.39 is 11.8 Å². The van der Waals surface area contributed by atoms with Crippen molar-refractivity contribution in [2.45, 2.75) is 17.9 Å². The minimum atomic E-state index is -0.712. The van der Waals surface area contributed by atoms with Crippen molar-refractivity contribution in [3.05, 3.63) is 244 Å². The fourth-order valence-electron chi connectivity index (χ4n) is 15.9. The largest absolute Gasteiger partial charge is 0.667 e. The lowest BCUT2D eigenvalue weighted by atomic mass is 9.88. The van der Waals surface area contributed by atoms with E-state index in [0.717, 1.165) is 0 Å². The first-order valence-electron chi connectivity index (χ1n) is 24.6. The Labute approximate surface area is 398 Å². The molecule has 0 amide bonds. The van der Waals surface area contributed by atoms with Gasteiger partial charge in [0.1, 0.15) is 11.6 Å². The van der Waals surface area contributed by atoms with Crippen LogP contribution in [-0.2, 0) is 11.8 Å². The molecule has 10 aliphatic heterocycles. The van der Waals surface area contributed by atoms with Gasteiger partial charge in [-0.15, -0.1) is 0 Å². The third-order valence-corrected chi connectivity index (χ3v) is 18.0. The zero-order valence-electron chi connectivity index (χ0n) is 37.1. The summed E-state index contributed by atoms with van der Waals surface area (Å²) in [5.74, 6) is -1.39. The predicted molar refractivity (Wildman–Crippen MR) is 264 cm³/mol. The third kappa shape index (κ3) is 2.97. The van der Waals surface area contributed by atoms with Gasteiger partial charge in [-0.25, -0.2) is 4.90 Å². The molecule has 4 aromatic carbocycles. The van der Waals surface area contributed by atoms with Gasteiger partial charge in [0.15, 0.2) is 0 Å². The maximum absolute atomic E-state index is 2.77. The number of fused-ring (bicyclic) bond motifs is 6. The van der Waals surface area contributed by atoms with E-state index in [-0.39, 0.29) is 6.04 Å². The van der Waals surface area contributed by atoms with Crippen molar-refractivity contribution in [1.82, 2.24) is 18.6 Å². The highest BCUT2D eigenvalue weighted by Crippen LogP contribution is 2.57. The van der Waals surface area contributed by atoms with Crippen LogP contribution in [0.3, 0.4) is 0 Å². The number of nitrogens with zero attached hydrogens (tertiary/aromatic N) is 8. The Kier molecular flexibility index (Phi) is 4.80. The number of benzene rings is 4. The Morgan fingerprint density at radius 1 is 0.471 bits per heavy atom. The lowest BCUT2D eigenvalue weighted by molar-refractivity contribution is -0.992. The summed E-state index contributed by atoms with van der Waals surface area (Å²) >= 11 is 0. The molecule has 0 saturated carbocycles. The molecule has 0 radical (unpaired) electrons. The van der Waals surface area contributed by atoms with Crippen molar-refractivity contribution >= 4 is 44.6 Å². The van der Waals surface area contributed by atoms with Gasteiger partial charge in [0.05, 0.1) is 55.6 Å². The Bertz CT molecular complexity index is 4840. The summed E-state index contributed by atoms with van der Waals surface area (Å²) in [4.78, 5) is 2.77. The molecule has 16 heterocycles. The highest BCUT2D eigenvalue weighted by molar-refractivity contribution is 6.03. The molecule has 316 valence electrons. The highest BCUT2D eigenvalue weighted by Gasteiger charge is 2.81. The van der Waals surface area contributed by atoms with E-state index in [4.69, 9.17) is 0 Å². The molecule has 0 bridgehead atoms. The SMILES string of the molecule is C1=CC2=CC3=C(c4ccc(C5=C6C=c7cccc8c7=[N+]6C67n9c5cc5cccc(c59)-c5cccc([n+]56)-c5cccc-8[n+]57)cc4)c4cc5cccc6c5n4C45N3C2C(=C1)c1cccc([n+]14)-c1cccc-6[n+]15. The minimum Gasteiger partial charge on any atom is -0.219 e. The Morgan fingerprint density at radius 3 is 1.73 bits per heavy atom. The van der Waals surface area contributed by atoms with E-state index in [9.17, 15) is 0 Å². The first kappa shape index (κ1) is 33.2. The summed E-state index contributed by atoms with van der Waals surface area (Å²) in [5.41, 5.74) is 28.9. The molecule has 10 aromatic rings. The maximum atomic E-state index is 2.77. The molecule has 1 aliphatic carbocycles. The zero-order valence-corrected chi connectivity index (χ0v) is 37.1. The molecule has 0 saturated heterocycles. The number of aromatic nitrogens is 6. The monoisotopic (exact) mass is 889 g/mol. The Morgan fingerprint density at radius 2 is 1.01 bits per heavy atom. The van der Waals surface area contributed by atoms with Gasteiger partial charge < -0.3 is 0 Å². The summed E-state index contributed by atoms with van der Waals surface area (Å²) in [6, 6.07) is 62.9. The minimum absolute atomic E-state index is 0.0652. The molecule has 8 nitrogen and oxygen atoms in total. The van der Waals surface area contributed by atoms with Crippen LogP contribution >= 0.6 is 0 Å². The smallest absolute Gasteiger partial charge is 0.219 e. The normalized spacial score (nSPS) is 22.3. The summed E-state index contributed by atoms with van der Waals surface area (Å²) in [7, 11) is 0. The highest BCUT2D eigenvalue weighted by atomic mass is 15.7. The fraction of sp³-hybridized carbons (Fsp3) is 0.0484. The molecule has 21 rings (SSSR count). The topological polar surface area (TPSA) is 31.6 Å². The molecule has 2 spiro atoms. The number of allylic oxidation sites excluding steroid dienone is 4. The first-order chi connectivity index (χ1) is 34.7. The average Bonchev–Trinajstić information content (AvgIpc) is 4.29. The molecule has 0 N–H and O–H groups in total. The average molecular weight is 890 g/mol. The number of hydrogen-bond acceptors (Lipinski definition) is 1. The van der Waals surface area contributed by atoms with Gasteiger partial charge in [-0.3, -0.25) is 0 Å². The van der Waals surface area contributed by atoms with Crippen molar-refractivity contribution < 1.29 is 18.3 Å². The molecule has 6 aromatic heterocycles. The van der Waals surface area contributed by atoms with Crippen LogP contribution in [-0.4, -0.2) is 20.1 Å². The van der Waals surface area contributed by atoms with Gasteiger partial charge in [-0.1, -0.05) is 75.9 Å². The van der Waals surface area contributed by atoms with Crippen LogP contribution in [0.25, 0.3) is 101 Å². The second-order valence-electron chi connectivity index (χ2n) is 20.7. The summed E-state index contributed by atoms with van der Waals surface area (Å²) in [5, 5.41) is 5.06. The van der Waals surface area contributed by atoms with Crippen molar-refractivity contribution in [3.63, 3.8) is 0 Å².